The van der Waals surface area contributed by atoms with Crippen LogP contribution in [0.5, 0.6) is 0 Å². The predicted molar refractivity (Wildman–Crippen MR) is 129 cm³/mol. The van der Waals surface area contributed by atoms with Gasteiger partial charge in [0, 0.05) is 11.8 Å². The van der Waals surface area contributed by atoms with Gasteiger partial charge in [-0.1, -0.05) is 54.6 Å². The minimum Gasteiger partial charge on any atom is -0.459 e. The molecule has 176 valence electrons. The first-order valence-corrected chi connectivity index (χ1v) is 11.2. The van der Waals surface area contributed by atoms with Crippen molar-refractivity contribution in [2.24, 2.45) is 0 Å². The first-order valence-electron chi connectivity index (χ1n) is 11.2. The summed E-state index contributed by atoms with van der Waals surface area (Å²) in [4.78, 5) is 34.0. The summed E-state index contributed by atoms with van der Waals surface area (Å²) in [6.45, 7) is -0.0878. The van der Waals surface area contributed by atoms with E-state index in [0.717, 1.165) is 5.39 Å². The number of fused-ring (bicyclic) bond motifs is 1. The lowest BCUT2D eigenvalue weighted by molar-refractivity contribution is -0.0431. The average Bonchev–Trinajstić information content (AvgIpc) is 3.30. The summed E-state index contributed by atoms with van der Waals surface area (Å²) in [5, 5.41) is 0.793. The molecule has 0 aliphatic carbocycles. The van der Waals surface area contributed by atoms with Crippen LogP contribution >= 0.6 is 0 Å². The molecule has 8 heteroatoms. The quantitative estimate of drug-likeness (QED) is 0.420. The van der Waals surface area contributed by atoms with Crippen molar-refractivity contribution in [3.8, 4) is 0 Å². The van der Waals surface area contributed by atoms with Gasteiger partial charge in [-0.15, -0.1) is 0 Å². The molecule has 1 aliphatic heterocycles. The highest BCUT2D eigenvalue weighted by atomic mass is 16.6. The highest BCUT2D eigenvalue weighted by Crippen LogP contribution is 2.37. The Labute approximate surface area is 201 Å². The monoisotopic (exact) mass is 469 g/mol. The molecule has 1 saturated heterocycles. The number of nitrogen functional groups attached to an aromatic ring is 1. The van der Waals surface area contributed by atoms with Crippen molar-refractivity contribution in [3.63, 3.8) is 0 Å². The van der Waals surface area contributed by atoms with Crippen molar-refractivity contribution in [2.75, 3.05) is 12.3 Å². The number of nitrogens with zero attached hydrogens (tertiary/aromatic N) is 2. The van der Waals surface area contributed by atoms with E-state index in [0.29, 0.717) is 28.8 Å². The number of carbonyl (C=O) groups is 2. The molecule has 1 aliphatic rings. The molecule has 0 spiro atoms. The van der Waals surface area contributed by atoms with E-state index < -0.39 is 30.3 Å². The third kappa shape index (κ3) is 4.97. The highest BCUT2D eigenvalue weighted by Gasteiger charge is 2.41. The summed E-state index contributed by atoms with van der Waals surface area (Å²) < 4.78 is 17.6. The Morgan fingerprint density at radius 3 is 2.20 bits per heavy atom. The predicted octanol–water partition coefficient (Wildman–Crippen LogP) is 4.12. The zero-order valence-electron chi connectivity index (χ0n) is 18.7. The van der Waals surface area contributed by atoms with Gasteiger partial charge in [-0.2, -0.15) is 0 Å². The molecule has 5 rings (SSSR count). The Bertz CT molecular complexity index is 1350. The molecular formula is C27H23N3O5. The zero-order valence-corrected chi connectivity index (χ0v) is 18.7. The average molecular weight is 469 g/mol. The van der Waals surface area contributed by atoms with Crippen LogP contribution < -0.4 is 5.73 Å². The number of esters is 2. The molecule has 0 unspecified atom stereocenters. The summed E-state index contributed by atoms with van der Waals surface area (Å²) >= 11 is 0. The van der Waals surface area contributed by atoms with Crippen LogP contribution in [0.15, 0.2) is 84.9 Å². The number of benzene rings is 3. The van der Waals surface area contributed by atoms with Gasteiger partial charge in [0.1, 0.15) is 24.9 Å². The molecular weight excluding hydrogens is 446 g/mol. The van der Waals surface area contributed by atoms with Gasteiger partial charge in [0.25, 0.3) is 0 Å². The third-order valence-electron chi connectivity index (χ3n) is 5.81. The number of hydrogen-bond acceptors (Lipinski definition) is 8. The molecule has 8 nitrogen and oxygen atoms in total. The van der Waals surface area contributed by atoms with Crippen molar-refractivity contribution in [1.82, 2.24) is 9.97 Å². The maximum Gasteiger partial charge on any atom is 0.338 e. The third-order valence-corrected chi connectivity index (χ3v) is 5.81. The first kappa shape index (κ1) is 22.5. The summed E-state index contributed by atoms with van der Waals surface area (Å²) in [6, 6.07) is 24.9. The van der Waals surface area contributed by atoms with Crippen molar-refractivity contribution in [2.45, 2.75) is 24.7 Å². The number of anilines is 1. The fourth-order valence-corrected chi connectivity index (χ4v) is 4.12. The number of aromatic nitrogens is 2. The van der Waals surface area contributed by atoms with Gasteiger partial charge >= 0.3 is 11.9 Å². The maximum atomic E-state index is 12.8. The molecule has 1 fully saturated rings. The first-order chi connectivity index (χ1) is 17.1. The van der Waals surface area contributed by atoms with Crippen LogP contribution in [0, 0.1) is 0 Å². The zero-order chi connectivity index (χ0) is 24.2. The Balaban J connectivity index is 1.39. The second-order valence-electron chi connectivity index (χ2n) is 8.16. The number of carbonyl (C=O) groups excluding carboxylic acids is 2. The summed E-state index contributed by atoms with van der Waals surface area (Å²) in [5.41, 5.74) is 8.09. The Hall–Kier alpha value is -4.30. The molecule has 0 bridgehead atoms. The van der Waals surface area contributed by atoms with Crippen LogP contribution in [0.4, 0.5) is 5.95 Å². The van der Waals surface area contributed by atoms with E-state index in [-0.39, 0.29) is 12.6 Å². The van der Waals surface area contributed by atoms with Crippen LogP contribution in [-0.4, -0.2) is 40.7 Å². The normalized spacial score (nSPS) is 19.4. The van der Waals surface area contributed by atoms with E-state index in [1.165, 1.54) is 0 Å². The Morgan fingerprint density at radius 2 is 1.49 bits per heavy atom. The van der Waals surface area contributed by atoms with Gasteiger partial charge in [0.05, 0.1) is 22.3 Å². The van der Waals surface area contributed by atoms with Gasteiger partial charge in [0.15, 0.2) is 0 Å². The van der Waals surface area contributed by atoms with Crippen LogP contribution in [0.3, 0.4) is 0 Å². The van der Waals surface area contributed by atoms with E-state index in [4.69, 9.17) is 19.9 Å². The van der Waals surface area contributed by atoms with E-state index in [1.54, 1.807) is 48.5 Å². The summed E-state index contributed by atoms with van der Waals surface area (Å²) in [7, 11) is 0. The molecule has 0 radical (unpaired) electrons. The van der Waals surface area contributed by atoms with Crippen molar-refractivity contribution in [1.29, 1.82) is 0 Å². The number of rotatable bonds is 6. The Kier molecular flexibility index (Phi) is 6.36. The van der Waals surface area contributed by atoms with Crippen molar-refractivity contribution >= 4 is 28.8 Å². The van der Waals surface area contributed by atoms with E-state index in [1.807, 2.05) is 36.4 Å². The topological polar surface area (TPSA) is 114 Å². The summed E-state index contributed by atoms with van der Waals surface area (Å²) in [5.74, 6) is -0.840. The van der Waals surface area contributed by atoms with E-state index >= 15 is 0 Å². The SMILES string of the molecule is Nc1nc([C@H]2C[C@H](OC(=O)c3ccccc3)[C@@H](COC(=O)c3ccccc3)O2)c2ccccc2n1. The van der Waals surface area contributed by atoms with Gasteiger partial charge in [-0.25, -0.2) is 19.6 Å². The lowest BCUT2D eigenvalue weighted by atomic mass is 10.0. The molecule has 2 heterocycles. The van der Waals surface area contributed by atoms with Gasteiger partial charge in [-0.05, 0) is 30.3 Å². The molecule has 2 N–H and O–H groups in total. The molecule has 3 atom stereocenters. The molecule has 0 amide bonds. The number of para-hydroxylation sites is 1. The van der Waals surface area contributed by atoms with Crippen LogP contribution in [0.1, 0.15) is 38.9 Å². The van der Waals surface area contributed by atoms with Gasteiger partial charge in [0.2, 0.25) is 5.95 Å². The Morgan fingerprint density at radius 1 is 0.857 bits per heavy atom. The number of ether oxygens (including phenoxy) is 3. The second kappa shape index (κ2) is 9.90. The lowest BCUT2D eigenvalue weighted by Gasteiger charge is -2.19. The van der Waals surface area contributed by atoms with Gasteiger partial charge in [-0.3, -0.25) is 0 Å². The smallest absolute Gasteiger partial charge is 0.338 e. The number of hydrogen-bond donors (Lipinski definition) is 1. The fraction of sp³-hybridized carbons (Fsp3) is 0.185. The summed E-state index contributed by atoms with van der Waals surface area (Å²) in [6.07, 6.45) is -1.55. The molecule has 3 aromatic carbocycles. The van der Waals surface area contributed by atoms with Crippen molar-refractivity contribution < 1.29 is 23.8 Å². The molecule has 1 aromatic heterocycles. The number of nitrogens with two attached hydrogens (primary N) is 1. The minimum atomic E-state index is -0.685. The molecule has 4 aromatic rings. The molecule has 0 saturated carbocycles. The fourth-order valence-electron chi connectivity index (χ4n) is 4.12. The lowest BCUT2D eigenvalue weighted by Crippen LogP contribution is -2.32. The van der Waals surface area contributed by atoms with E-state index in [9.17, 15) is 9.59 Å². The van der Waals surface area contributed by atoms with E-state index in [2.05, 4.69) is 9.97 Å². The van der Waals surface area contributed by atoms with Crippen LogP contribution in [0.25, 0.3) is 10.9 Å². The standard InChI is InChI=1S/C27H23N3O5/c28-27-29-20-14-8-7-13-19(20)24(30-27)22-15-21(35-26(32)18-11-5-2-6-12-18)23(34-22)16-33-25(31)17-9-3-1-4-10-17/h1-14,21-23H,15-16H2,(H2,28,29,30)/t21-,22+,23+/m0/s1. The highest BCUT2D eigenvalue weighted by molar-refractivity contribution is 5.90. The van der Waals surface area contributed by atoms with Gasteiger partial charge < -0.3 is 19.9 Å². The van der Waals surface area contributed by atoms with Crippen LogP contribution in [-0.2, 0) is 14.2 Å². The van der Waals surface area contributed by atoms with Crippen molar-refractivity contribution in [3.05, 3.63) is 102 Å². The van der Waals surface area contributed by atoms with Crippen LogP contribution in [0.2, 0.25) is 0 Å². The molecule has 35 heavy (non-hydrogen) atoms. The minimum absolute atomic E-state index is 0.0878. The maximum absolute atomic E-state index is 12.8. The largest absolute Gasteiger partial charge is 0.459 e. The second-order valence-corrected chi connectivity index (χ2v) is 8.16.